The zero-order valence-electron chi connectivity index (χ0n) is 10.1. The first-order chi connectivity index (χ1) is 9.29. The highest BCUT2D eigenvalue weighted by Gasteiger charge is 2.30. The highest BCUT2D eigenvalue weighted by atomic mass is 19.4. The topological polar surface area (TPSA) is 63.3 Å². The van der Waals surface area contributed by atoms with Crippen LogP contribution >= 0.6 is 0 Å². The first-order valence-electron chi connectivity index (χ1n) is 5.59. The van der Waals surface area contributed by atoms with E-state index in [4.69, 9.17) is 10.8 Å². The summed E-state index contributed by atoms with van der Waals surface area (Å²) in [6.07, 6.45) is -4.43. The lowest BCUT2D eigenvalue weighted by Crippen LogP contribution is -2.05. The normalized spacial score (nSPS) is 11.3. The average Bonchev–Trinajstić information content (AvgIpc) is 2.37. The molecule has 0 heterocycles. The summed E-state index contributed by atoms with van der Waals surface area (Å²) < 4.78 is 37.4. The predicted molar refractivity (Wildman–Crippen MR) is 68.3 cm³/mol. The summed E-state index contributed by atoms with van der Waals surface area (Å²) >= 11 is 0. The molecule has 104 valence electrons. The van der Waals surface area contributed by atoms with E-state index < -0.39 is 17.7 Å². The lowest BCUT2D eigenvalue weighted by atomic mass is 9.98. The van der Waals surface area contributed by atoms with Crippen LogP contribution in [0.15, 0.2) is 42.5 Å². The van der Waals surface area contributed by atoms with Crippen LogP contribution in [0.1, 0.15) is 15.9 Å². The van der Waals surface area contributed by atoms with Gasteiger partial charge in [0, 0.05) is 5.69 Å². The van der Waals surface area contributed by atoms with Gasteiger partial charge in [-0.25, -0.2) is 4.79 Å². The smallest absolute Gasteiger partial charge is 0.416 e. The molecule has 0 bridgehead atoms. The summed E-state index contributed by atoms with van der Waals surface area (Å²) in [7, 11) is 0. The monoisotopic (exact) mass is 281 g/mol. The molecule has 0 spiro atoms. The lowest BCUT2D eigenvalue weighted by Gasteiger charge is -2.10. The molecule has 0 saturated carbocycles. The molecule has 3 nitrogen and oxygen atoms in total. The highest BCUT2D eigenvalue weighted by Crippen LogP contribution is 2.32. The molecule has 2 aromatic carbocycles. The number of anilines is 1. The van der Waals surface area contributed by atoms with E-state index in [1.807, 2.05) is 0 Å². The molecule has 0 aliphatic rings. The fourth-order valence-corrected chi connectivity index (χ4v) is 1.83. The predicted octanol–water partition coefficient (Wildman–Crippen LogP) is 3.65. The van der Waals surface area contributed by atoms with Crippen LogP contribution in [-0.4, -0.2) is 11.1 Å². The third-order valence-electron chi connectivity index (χ3n) is 2.80. The minimum Gasteiger partial charge on any atom is -0.478 e. The number of carbonyl (C=O) groups is 1. The van der Waals surface area contributed by atoms with Crippen molar-refractivity contribution >= 4 is 11.7 Å². The van der Waals surface area contributed by atoms with Gasteiger partial charge in [-0.15, -0.1) is 0 Å². The van der Waals surface area contributed by atoms with Gasteiger partial charge in [0.25, 0.3) is 0 Å². The number of rotatable bonds is 2. The molecule has 0 saturated heterocycles. The van der Waals surface area contributed by atoms with E-state index in [2.05, 4.69) is 0 Å². The molecular formula is C14H10F3NO2. The molecule has 0 aliphatic heterocycles. The molecule has 0 aromatic heterocycles. The molecule has 20 heavy (non-hydrogen) atoms. The molecule has 0 amide bonds. The van der Waals surface area contributed by atoms with Crippen molar-refractivity contribution in [1.82, 2.24) is 0 Å². The molecular weight excluding hydrogens is 271 g/mol. The largest absolute Gasteiger partial charge is 0.478 e. The van der Waals surface area contributed by atoms with Crippen LogP contribution in [-0.2, 0) is 6.18 Å². The number of halogens is 3. The Bertz CT molecular complexity index is 648. The zero-order chi connectivity index (χ0) is 14.9. The van der Waals surface area contributed by atoms with Crippen molar-refractivity contribution in [3.8, 4) is 11.1 Å². The first-order valence-corrected chi connectivity index (χ1v) is 5.59. The summed E-state index contributed by atoms with van der Waals surface area (Å²) in [5, 5.41) is 9.08. The number of carboxylic acid groups (broad SMARTS) is 1. The van der Waals surface area contributed by atoms with Gasteiger partial charge < -0.3 is 10.8 Å². The second-order valence-corrected chi connectivity index (χ2v) is 4.19. The van der Waals surface area contributed by atoms with Gasteiger partial charge >= 0.3 is 12.1 Å². The maximum Gasteiger partial charge on any atom is 0.416 e. The molecule has 0 radical (unpaired) electrons. The Morgan fingerprint density at radius 1 is 1.05 bits per heavy atom. The van der Waals surface area contributed by atoms with Crippen molar-refractivity contribution in [3.05, 3.63) is 53.6 Å². The van der Waals surface area contributed by atoms with E-state index >= 15 is 0 Å². The van der Waals surface area contributed by atoms with Crippen molar-refractivity contribution in [2.45, 2.75) is 6.18 Å². The Morgan fingerprint density at radius 3 is 2.15 bits per heavy atom. The number of nitrogen functional groups attached to an aromatic ring is 1. The molecule has 6 heteroatoms. The van der Waals surface area contributed by atoms with E-state index in [0.717, 1.165) is 12.1 Å². The van der Waals surface area contributed by atoms with Gasteiger partial charge in [0.05, 0.1) is 11.1 Å². The standard InChI is InChI=1S/C14H10F3NO2/c15-14(16,17)9-3-1-8(2-4-9)12-7-10(18)5-6-11(12)13(19)20/h1-7H,18H2,(H,19,20). The van der Waals surface area contributed by atoms with E-state index in [0.29, 0.717) is 11.3 Å². The zero-order valence-corrected chi connectivity index (χ0v) is 10.1. The van der Waals surface area contributed by atoms with Crippen LogP contribution in [0, 0.1) is 0 Å². The van der Waals surface area contributed by atoms with Crippen molar-refractivity contribution in [2.24, 2.45) is 0 Å². The van der Waals surface area contributed by atoms with Crippen LogP contribution in [0.25, 0.3) is 11.1 Å². The number of aromatic carboxylic acids is 1. The highest BCUT2D eigenvalue weighted by molar-refractivity contribution is 5.96. The lowest BCUT2D eigenvalue weighted by molar-refractivity contribution is -0.137. The van der Waals surface area contributed by atoms with Gasteiger partial charge in [0.15, 0.2) is 0 Å². The van der Waals surface area contributed by atoms with Gasteiger partial charge in [0.1, 0.15) is 0 Å². The molecule has 2 aromatic rings. The Hall–Kier alpha value is -2.50. The maximum absolute atomic E-state index is 12.5. The molecule has 2 rings (SSSR count). The number of carboxylic acids is 1. The molecule has 0 atom stereocenters. The van der Waals surface area contributed by atoms with Crippen LogP contribution in [0.5, 0.6) is 0 Å². The summed E-state index contributed by atoms with van der Waals surface area (Å²) in [4.78, 5) is 11.1. The summed E-state index contributed by atoms with van der Waals surface area (Å²) in [6.45, 7) is 0. The van der Waals surface area contributed by atoms with Gasteiger partial charge in [-0.1, -0.05) is 12.1 Å². The number of nitrogens with two attached hydrogens (primary N) is 1. The Labute approximate surface area is 112 Å². The number of hydrogen-bond acceptors (Lipinski definition) is 2. The van der Waals surface area contributed by atoms with Crippen LogP contribution in [0.2, 0.25) is 0 Å². The fourth-order valence-electron chi connectivity index (χ4n) is 1.83. The van der Waals surface area contributed by atoms with Crippen LogP contribution in [0.3, 0.4) is 0 Å². The third-order valence-corrected chi connectivity index (χ3v) is 2.80. The summed E-state index contributed by atoms with van der Waals surface area (Å²) in [5.74, 6) is -1.17. The van der Waals surface area contributed by atoms with E-state index in [1.165, 1.54) is 30.3 Å². The van der Waals surface area contributed by atoms with Crippen molar-refractivity contribution in [3.63, 3.8) is 0 Å². The average molecular weight is 281 g/mol. The van der Waals surface area contributed by atoms with Gasteiger partial charge in [0.2, 0.25) is 0 Å². The van der Waals surface area contributed by atoms with Gasteiger partial charge in [-0.2, -0.15) is 13.2 Å². The number of hydrogen-bond donors (Lipinski definition) is 2. The van der Waals surface area contributed by atoms with Crippen molar-refractivity contribution in [2.75, 3.05) is 5.73 Å². The minimum absolute atomic E-state index is 0.0149. The van der Waals surface area contributed by atoms with Crippen molar-refractivity contribution < 1.29 is 23.1 Å². The fraction of sp³-hybridized carbons (Fsp3) is 0.0714. The van der Waals surface area contributed by atoms with Crippen molar-refractivity contribution in [1.29, 1.82) is 0 Å². The van der Waals surface area contributed by atoms with E-state index in [1.54, 1.807) is 0 Å². The molecule has 0 unspecified atom stereocenters. The number of benzene rings is 2. The minimum atomic E-state index is -4.43. The molecule has 0 fully saturated rings. The van der Waals surface area contributed by atoms with E-state index in [-0.39, 0.29) is 11.1 Å². The number of alkyl halides is 3. The van der Waals surface area contributed by atoms with Gasteiger partial charge in [-0.3, -0.25) is 0 Å². The summed E-state index contributed by atoms with van der Waals surface area (Å²) in [5.41, 5.74) is 5.77. The Morgan fingerprint density at radius 2 is 1.65 bits per heavy atom. The first kappa shape index (κ1) is 13.9. The molecule has 0 aliphatic carbocycles. The van der Waals surface area contributed by atoms with E-state index in [9.17, 15) is 18.0 Å². The second kappa shape index (κ2) is 4.88. The Kier molecular flexibility index (Phi) is 3.40. The summed E-state index contributed by atoms with van der Waals surface area (Å²) in [6, 6.07) is 8.44. The SMILES string of the molecule is Nc1ccc(C(=O)O)c(-c2ccc(C(F)(F)F)cc2)c1. The van der Waals surface area contributed by atoms with Gasteiger partial charge in [-0.05, 0) is 41.5 Å². The quantitative estimate of drug-likeness (QED) is 0.826. The third kappa shape index (κ3) is 2.74. The Balaban J connectivity index is 2.52. The molecule has 3 N–H and O–H groups in total. The second-order valence-electron chi connectivity index (χ2n) is 4.19. The van der Waals surface area contributed by atoms with Crippen LogP contribution < -0.4 is 5.73 Å². The maximum atomic E-state index is 12.5. The van der Waals surface area contributed by atoms with Crippen LogP contribution in [0.4, 0.5) is 18.9 Å².